The predicted molar refractivity (Wildman–Crippen MR) is 121 cm³/mol. The molecule has 0 N–H and O–H groups in total. The van der Waals surface area contributed by atoms with Gasteiger partial charge >= 0.3 is 0 Å². The van der Waals surface area contributed by atoms with E-state index in [-0.39, 0.29) is 6.04 Å². The first-order valence-electron chi connectivity index (χ1n) is 10.3. The molecule has 2 atom stereocenters. The van der Waals surface area contributed by atoms with Crippen molar-refractivity contribution in [2.75, 3.05) is 20.8 Å². The van der Waals surface area contributed by atoms with Crippen LogP contribution in [0.4, 0.5) is 0 Å². The summed E-state index contributed by atoms with van der Waals surface area (Å²) in [6, 6.07) is 16.2. The highest BCUT2D eigenvalue weighted by Crippen LogP contribution is 2.51. The van der Waals surface area contributed by atoms with Crippen molar-refractivity contribution in [2.45, 2.75) is 25.6 Å². The van der Waals surface area contributed by atoms with Crippen molar-refractivity contribution in [3.63, 3.8) is 0 Å². The summed E-state index contributed by atoms with van der Waals surface area (Å²) in [5.41, 5.74) is 3.11. The highest BCUT2D eigenvalue weighted by Gasteiger charge is 2.42. The van der Waals surface area contributed by atoms with Gasteiger partial charge in [0.2, 0.25) is 6.23 Å². The lowest BCUT2D eigenvalue weighted by molar-refractivity contribution is -0.0213. The Labute approximate surface area is 185 Å². The number of nitrogens with zero attached hydrogens (tertiary/aromatic N) is 2. The molecule has 2 aliphatic heterocycles. The van der Waals surface area contributed by atoms with E-state index in [1.54, 1.807) is 25.6 Å². The quantitative estimate of drug-likeness (QED) is 0.517. The fraction of sp³-hybridized carbons (Fsp3) is 0.292. The summed E-state index contributed by atoms with van der Waals surface area (Å²) in [7, 11) is 3.27. The summed E-state index contributed by atoms with van der Waals surface area (Å²) in [4.78, 5) is 1.18. The summed E-state index contributed by atoms with van der Waals surface area (Å²) in [6.07, 6.45) is 0.410. The maximum Gasteiger partial charge on any atom is 0.214 e. The van der Waals surface area contributed by atoms with Crippen LogP contribution in [0.3, 0.4) is 0 Å². The van der Waals surface area contributed by atoms with Gasteiger partial charge in [-0.25, -0.2) is 5.01 Å². The number of ether oxygens (including phenoxy) is 4. The normalized spacial score (nSPS) is 19.2. The van der Waals surface area contributed by atoms with Gasteiger partial charge < -0.3 is 18.9 Å². The van der Waals surface area contributed by atoms with E-state index in [1.165, 1.54) is 4.88 Å². The number of rotatable bonds is 6. The van der Waals surface area contributed by atoms with Crippen LogP contribution in [0.2, 0.25) is 0 Å². The van der Waals surface area contributed by atoms with Crippen LogP contribution in [-0.2, 0) is 0 Å². The summed E-state index contributed by atoms with van der Waals surface area (Å²) in [6.45, 7) is 2.56. The number of thiophene rings is 1. The molecule has 0 saturated carbocycles. The molecule has 0 amide bonds. The Morgan fingerprint density at radius 3 is 2.68 bits per heavy atom. The maximum absolute atomic E-state index is 6.56. The summed E-state index contributed by atoms with van der Waals surface area (Å²) >= 11 is 1.71. The molecule has 0 radical (unpaired) electrons. The molecule has 2 aromatic carbocycles. The summed E-state index contributed by atoms with van der Waals surface area (Å²) in [5, 5.41) is 9.15. The van der Waals surface area contributed by atoms with E-state index in [0.29, 0.717) is 18.1 Å². The Morgan fingerprint density at radius 1 is 1.06 bits per heavy atom. The van der Waals surface area contributed by atoms with Gasteiger partial charge in [0.25, 0.3) is 0 Å². The van der Waals surface area contributed by atoms with E-state index in [9.17, 15) is 0 Å². The molecule has 160 valence electrons. The van der Waals surface area contributed by atoms with Gasteiger partial charge in [0, 0.05) is 17.5 Å². The van der Waals surface area contributed by atoms with Gasteiger partial charge in [-0.05, 0) is 42.6 Å². The van der Waals surface area contributed by atoms with Crippen LogP contribution in [0.1, 0.15) is 41.6 Å². The molecule has 7 heteroatoms. The standard InChI is InChI=1S/C24H24N2O4S/c1-4-29-20-8-5-7-16-18-14-17(22-9-6-12-31-22)25-26(18)24(30-23(16)20)15-10-11-19(27-2)21(13-15)28-3/h5-13,18,24H,4,14H2,1-3H3/t18-,24+/m1/s1. The van der Waals surface area contributed by atoms with Crippen LogP contribution >= 0.6 is 11.3 Å². The van der Waals surface area contributed by atoms with Gasteiger partial charge in [-0.2, -0.15) is 5.10 Å². The molecule has 2 aliphatic rings. The Bertz CT molecular complexity index is 1110. The van der Waals surface area contributed by atoms with Crippen molar-refractivity contribution in [1.82, 2.24) is 5.01 Å². The molecule has 0 fully saturated rings. The van der Waals surface area contributed by atoms with Crippen molar-refractivity contribution in [3.8, 4) is 23.0 Å². The molecule has 1 aromatic heterocycles. The molecule has 0 saturated heterocycles. The van der Waals surface area contributed by atoms with Crippen molar-refractivity contribution < 1.29 is 18.9 Å². The van der Waals surface area contributed by atoms with Gasteiger partial charge in [-0.3, -0.25) is 0 Å². The van der Waals surface area contributed by atoms with Gasteiger partial charge in [-0.15, -0.1) is 11.3 Å². The van der Waals surface area contributed by atoms with Crippen molar-refractivity contribution in [1.29, 1.82) is 0 Å². The van der Waals surface area contributed by atoms with Crippen molar-refractivity contribution in [3.05, 3.63) is 69.9 Å². The number of fused-ring (bicyclic) bond motifs is 3. The molecule has 0 aliphatic carbocycles. The zero-order valence-corrected chi connectivity index (χ0v) is 18.5. The fourth-order valence-corrected chi connectivity index (χ4v) is 4.89. The average Bonchev–Trinajstić information content (AvgIpc) is 3.48. The van der Waals surface area contributed by atoms with Crippen LogP contribution in [0.15, 0.2) is 59.0 Å². The molecule has 5 rings (SSSR count). The van der Waals surface area contributed by atoms with Gasteiger partial charge in [0.05, 0.1) is 37.5 Å². The number of benzene rings is 2. The highest BCUT2D eigenvalue weighted by atomic mass is 32.1. The van der Waals surface area contributed by atoms with Gasteiger partial charge in [0.1, 0.15) is 0 Å². The van der Waals surface area contributed by atoms with Crippen molar-refractivity contribution >= 4 is 17.0 Å². The second-order valence-corrected chi connectivity index (χ2v) is 8.26. The first-order valence-corrected chi connectivity index (χ1v) is 11.2. The number of hydrogen-bond acceptors (Lipinski definition) is 7. The molecular formula is C24H24N2O4S. The van der Waals surface area contributed by atoms with Crippen molar-refractivity contribution in [2.24, 2.45) is 5.10 Å². The minimum Gasteiger partial charge on any atom is -0.493 e. The van der Waals surface area contributed by atoms with E-state index in [0.717, 1.165) is 34.8 Å². The molecule has 3 aromatic rings. The second-order valence-electron chi connectivity index (χ2n) is 7.32. The van der Waals surface area contributed by atoms with E-state index in [4.69, 9.17) is 24.0 Å². The van der Waals surface area contributed by atoms with E-state index < -0.39 is 6.23 Å². The monoisotopic (exact) mass is 436 g/mol. The number of para-hydroxylation sites is 1. The number of hydrogen-bond donors (Lipinski definition) is 0. The highest BCUT2D eigenvalue weighted by molar-refractivity contribution is 7.12. The van der Waals surface area contributed by atoms with Crippen LogP contribution in [0.25, 0.3) is 0 Å². The number of hydrazone groups is 1. The Hall–Kier alpha value is -3.19. The largest absolute Gasteiger partial charge is 0.493 e. The molecule has 0 bridgehead atoms. The average molecular weight is 437 g/mol. The smallest absolute Gasteiger partial charge is 0.214 e. The molecule has 3 heterocycles. The zero-order valence-electron chi connectivity index (χ0n) is 17.7. The molecule has 0 spiro atoms. The Morgan fingerprint density at radius 2 is 1.94 bits per heavy atom. The lowest BCUT2D eigenvalue weighted by atomic mass is 9.97. The third kappa shape index (κ3) is 3.39. The predicted octanol–water partition coefficient (Wildman–Crippen LogP) is 5.41. The van der Waals surface area contributed by atoms with Crippen LogP contribution in [0, 0.1) is 0 Å². The molecule has 6 nitrogen and oxygen atoms in total. The number of methoxy groups -OCH3 is 2. The van der Waals surface area contributed by atoms with Crippen LogP contribution < -0.4 is 18.9 Å². The minimum atomic E-state index is -0.406. The van der Waals surface area contributed by atoms with E-state index in [2.05, 4.69) is 28.6 Å². The van der Waals surface area contributed by atoms with Crippen LogP contribution in [-0.4, -0.2) is 31.5 Å². The molecular weight excluding hydrogens is 412 g/mol. The molecule has 31 heavy (non-hydrogen) atoms. The first kappa shape index (κ1) is 19.8. The summed E-state index contributed by atoms with van der Waals surface area (Å²) in [5.74, 6) is 2.88. The Kier molecular flexibility index (Phi) is 5.19. The lowest BCUT2D eigenvalue weighted by Crippen LogP contribution is -2.34. The third-order valence-electron chi connectivity index (χ3n) is 5.58. The van der Waals surface area contributed by atoms with Gasteiger partial charge in [-0.1, -0.05) is 18.2 Å². The third-order valence-corrected chi connectivity index (χ3v) is 6.50. The van der Waals surface area contributed by atoms with Gasteiger partial charge in [0.15, 0.2) is 23.0 Å². The second kappa shape index (κ2) is 8.15. The van der Waals surface area contributed by atoms with E-state index in [1.807, 2.05) is 37.3 Å². The van der Waals surface area contributed by atoms with E-state index >= 15 is 0 Å². The maximum atomic E-state index is 6.56. The first-order chi connectivity index (χ1) is 15.2. The topological polar surface area (TPSA) is 52.5 Å². The lowest BCUT2D eigenvalue weighted by Gasteiger charge is -2.38. The fourth-order valence-electron chi connectivity index (χ4n) is 4.17. The minimum absolute atomic E-state index is 0.0688. The summed E-state index contributed by atoms with van der Waals surface area (Å²) < 4.78 is 23.4. The SMILES string of the molecule is CCOc1cccc2c1O[C@@H](c1ccc(OC)c(OC)c1)N1N=C(c3cccs3)C[C@H]21. The molecule has 0 unspecified atom stereocenters. The Balaban J connectivity index is 1.62. The zero-order chi connectivity index (χ0) is 21.4. The van der Waals surface area contributed by atoms with Crippen LogP contribution in [0.5, 0.6) is 23.0 Å².